The number of alkyl halides is 3. The SMILES string of the molecule is N=C(N)c1ccc(N2CCSCC2)cc1C(F)(F)F. The number of benzene rings is 1. The molecule has 1 aromatic carbocycles. The zero-order chi connectivity index (χ0) is 14.0. The molecule has 0 atom stereocenters. The highest BCUT2D eigenvalue weighted by Gasteiger charge is 2.34. The van der Waals surface area contributed by atoms with E-state index in [-0.39, 0.29) is 5.56 Å². The first-order valence-electron chi connectivity index (χ1n) is 5.78. The highest BCUT2D eigenvalue weighted by atomic mass is 32.2. The van der Waals surface area contributed by atoms with Gasteiger partial charge in [0, 0.05) is 35.8 Å². The Hall–Kier alpha value is -1.37. The van der Waals surface area contributed by atoms with Gasteiger partial charge in [-0.15, -0.1) is 0 Å². The van der Waals surface area contributed by atoms with E-state index < -0.39 is 17.6 Å². The van der Waals surface area contributed by atoms with Crippen molar-refractivity contribution in [2.24, 2.45) is 5.73 Å². The number of nitrogen functional groups attached to an aromatic ring is 1. The average molecular weight is 289 g/mol. The number of hydrogen-bond donors (Lipinski definition) is 2. The lowest BCUT2D eigenvalue weighted by Gasteiger charge is -2.29. The van der Waals surface area contributed by atoms with Crippen molar-refractivity contribution >= 4 is 23.3 Å². The molecule has 1 heterocycles. The number of nitrogens with zero attached hydrogens (tertiary/aromatic N) is 1. The third kappa shape index (κ3) is 3.15. The predicted molar refractivity (Wildman–Crippen MR) is 72.0 cm³/mol. The second kappa shape index (κ2) is 5.32. The molecule has 1 saturated heterocycles. The van der Waals surface area contributed by atoms with Crippen LogP contribution in [0.1, 0.15) is 11.1 Å². The molecule has 1 aliphatic heterocycles. The Balaban J connectivity index is 2.40. The standard InChI is InChI=1S/C12H14F3N3S/c13-12(14,15)10-7-8(1-2-9(10)11(16)17)18-3-5-19-6-4-18/h1-2,7H,3-6H2,(H3,16,17). The molecule has 0 spiro atoms. The summed E-state index contributed by atoms with van der Waals surface area (Å²) in [6.45, 7) is 1.47. The third-order valence-electron chi connectivity index (χ3n) is 2.97. The molecule has 3 N–H and O–H groups in total. The molecule has 104 valence electrons. The minimum Gasteiger partial charge on any atom is -0.384 e. The lowest BCUT2D eigenvalue weighted by Crippen LogP contribution is -2.32. The van der Waals surface area contributed by atoms with Crippen molar-refractivity contribution in [1.29, 1.82) is 5.41 Å². The number of hydrogen-bond acceptors (Lipinski definition) is 3. The predicted octanol–water partition coefficient (Wildman–Crippen LogP) is 2.54. The summed E-state index contributed by atoms with van der Waals surface area (Å²) in [6.07, 6.45) is -4.50. The highest BCUT2D eigenvalue weighted by Crippen LogP contribution is 2.35. The molecule has 0 bridgehead atoms. The van der Waals surface area contributed by atoms with Gasteiger partial charge in [-0.2, -0.15) is 24.9 Å². The quantitative estimate of drug-likeness (QED) is 0.650. The van der Waals surface area contributed by atoms with Gasteiger partial charge in [-0.05, 0) is 18.2 Å². The Kier molecular flexibility index (Phi) is 3.93. The maximum absolute atomic E-state index is 13.0. The van der Waals surface area contributed by atoms with Gasteiger partial charge in [0.15, 0.2) is 0 Å². The zero-order valence-corrected chi connectivity index (χ0v) is 10.9. The summed E-state index contributed by atoms with van der Waals surface area (Å²) in [5, 5.41) is 7.23. The molecule has 0 aromatic heterocycles. The molecule has 0 radical (unpaired) electrons. The molecule has 0 amide bonds. The number of nitrogens with two attached hydrogens (primary N) is 1. The Morgan fingerprint density at radius 2 is 1.89 bits per heavy atom. The van der Waals surface area contributed by atoms with Crippen LogP contribution in [0.3, 0.4) is 0 Å². The van der Waals surface area contributed by atoms with Gasteiger partial charge in [-0.3, -0.25) is 5.41 Å². The Bertz CT molecular complexity index is 482. The number of halogens is 3. The summed E-state index contributed by atoms with van der Waals surface area (Å²) in [5.74, 6) is 1.26. The van der Waals surface area contributed by atoms with E-state index in [1.807, 2.05) is 4.90 Å². The fourth-order valence-electron chi connectivity index (χ4n) is 2.02. The second-order valence-electron chi connectivity index (χ2n) is 4.24. The van der Waals surface area contributed by atoms with E-state index in [4.69, 9.17) is 11.1 Å². The molecule has 1 aromatic rings. The number of rotatable bonds is 2. The lowest BCUT2D eigenvalue weighted by molar-refractivity contribution is -0.137. The Morgan fingerprint density at radius 3 is 2.42 bits per heavy atom. The Morgan fingerprint density at radius 1 is 1.26 bits per heavy atom. The van der Waals surface area contributed by atoms with Crippen LogP contribution in [0.25, 0.3) is 0 Å². The summed E-state index contributed by atoms with van der Waals surface area (Å²) >= 11 is 1.79. The van der Waals surface area contributed by atoms with Crippen molar-refractivity contribution in [1.82, 2.24) is 0 Å². The first kappa shape index (κ1) is 14.0. The van der Waals surface area contributed by atoms with Gasteiger partial charge in [0.1, 0.15) is 5.84 Å². The first-order valence-corrected chi connectivity index (χ1v) is 6.93. The van der Waals surface area contributed by atoms with Gasteiger partial charge >= 0.3 is 6.18 Å². The van der Waals surface area contributed by atoms with Crippen LogP contribution in [-0.2, 0) is 6.18 Å². The van der Waals surface area contributed by atoms with Crippen LogP contribution in [0.15, 0.2) is 18.2 Å². The molecule has 7 heteroatoms. The lowest BCUT2D eigenvalue weighted by atomic mass is 10.0. The van der Waals surface area contributed by atoms with Crippen molar-refractivity contribution in [3.05, 3.63) is 29.3 Å². The normalized spacial score (nSPS) is 16.5. The topological polar surface area (TPSA) is 53.1 Å². The summed E-state index contributed by atoms with van der Waals surface area (Å²) in [4.78, 5) is 1.93. The van der Waals surface area contributed by atoms with E-state index in [0.29, 0.717) is 5.69 Å². The van der Waals surface area contributed by atoms with Crippen molar-refractivity contribution in [3.63, 3.8) is 0 Å². The molecule has 0 aliphatic carbocycles. The monoisotopic (exact) mass is 289 g/mol. The molecule has 19 heavy (non-hydrogen) atoms. The van der Waals surface area contributed by atoms with Gasteiger partial charge in [0.25, 0.3) is 0 Å². The van der Waals surface area contributed by atoms with E-state index in [0.717, 1.165) is 30.7 Å². The molecular formula is C12H14F3N3S. The largest absolute Gasteiger partial charge is 0.417 e. The molecule has 1 aliphatic rings. The Labute approximate surface area is 113 Å². The second-order valence-corrected chi connectivity index (χ2v) is 5.47. The van der Waals surface area contributed by atoms with Crippen molar-refractivity contribution in [3.8, 4) is 0 Å². The van der Waals surface area contributed by atoms with Crippen LogP contribution in [0.5, 0.6) is 0 Å². The van der Waals surface area contributed by atoms with Crippen molar-refractivity contribution in [2.45, 2.75) is 6.18 Å². The minimum absolute atomic E-state index is 0.261. The number of nitrogens with one attached hydrogen (secondary N) is 1. The van der Waals surface area contributed by atoms with Crippen LogP contribution in [0, 0.1) is 5.41 Å². The molecule has 0 unspecified atom stereocenters. The van der Waals surface area contributed by atoms with E-state index in [2.05, 4.69) is 0 Å². The van der Waals surface area contributed by atoms with Gasteiger partial charge in [-0.25, -0.2) is 0 Å². The van der Waals surface area contributed by atoms with Gasteiger partial charge in [0.05, 0.1) is 5.56 Å². The van der Waals surface area contributed by atoms with Crippen LogP contribution in [0.2, 0.25) is 0 Å². The summed E-state index contributed by atoms with van der Waals surface area (Å²) in [7, 11) is 0. The van der Waals surface area contributed by atoms with Crippen LogP contribution in [0.4, 0.5) is 18.9 Å². The van der Waals surface area contributed by atoms with Gasteiger partial charge < -0.3 is 10.6 Å². The number of amidine groups is 1. The third-order valence-corrected chi connectivity index (χ3v) is 3.92. The van der Waals surface area contributed by atoms with E-state index >= 15 is 0 Å². The number of anilines is 1. The van der Waals surface area contributed by atoms with Crippen molar-refractivity contribution in [2.75, 3.05) is 29.5 Å². The molecule has 1 fully saturated rings. The zero-order valence-electron chi connectivity index (χ0n) is 10.1. The molecular weight excluding hydrogens is 275 g/mol. The fraction of sp³-hybridized carbons (Fsp3) is 0.417. The molecule has 2 rings (SSSR count). The van der Waals surface area contributed by atoms with Crippen molar-refractivity contribution < 1.29 is 13.2 Å². The van der Waals surface area contributed by atoms with Crippen LogP contribution < -0.4 is 10.6 Å². The smallest absolute Gasteiger partial charge is 0.384 e. The maximum atomic E-state index is 13.0. The summed E-state index contributed by atoms with van der Waals surface area (Å²) < 4.78 is 38.9. The molecule has 0 saturated carbocycles. The van der Waals surface area contributed by atoms with E-state index in [1.54, 1.807) is 17.8 Å². The summed E-state index contributed by atoms with van der Waals surface area (Å²) in [6, 6.07) is 3.97. The van der Waals surface area contributed by atoms with E-state index in [1.165, 1.54) is 6.07 Å². The van der Waals surface area contributed by atoms with Crippen LogP contribution in [-0.4, -0.2) is 30.4 Å². The first-order chi connectivity index (χ1) is 8.89. The fourth-order valence-corrected chi connectivity index (χ4v) is 2.92. The van der Waals surface area contributed by atoms with Gasteiger partial charge in [-0.1, -0.05) is 0 Å². The van der Waals surface area contributed by atoms with E-state index in [9.17, 15) is 13.2 Å². The maximum Gasteiger partial charge on any atom is 0.417 e. The highest BCUT2D eigenvalue weighted by molar-refractivity contribution is 7.99. The molecule has 3 nitrogen and oxygen atoms in total. The summed E-state index contributed by atoms with van der Waals surface area (Å²) in [5.41, 5.74) is 4.65. The van der Waals surface area contributed by atoms with Gasteiger partial charge in [0.2, 0.25) is 0 Å². The number of thioether (sulfide) groups is 1. The average Bonchev–Trinajstić information content (AvgIpc) is 2.38. The minimum atomic E-state index is -4.50. The van der Waals surface area contributed by atoms with Crippen LogP contribution >= 0.6 is 11.8 Å².